The van der Waals surface area contributed by atoms with E-state index >= 15 is 0 Å². The molecule has 0 radical (unpaired) electrons. The van der Waals surface area contributed by atoms with Gasteiger partial charge in [0.2, 0.25) is 0 Å². The molecule has 0 spiro atoms. The molecule has 2 aromatic rings. The number of hydrogen-bond donors (Lipinski definition) is 2. The average Bonchev–Trinajstić information content (AvgIpc) is 2.47. The first-order valence-electron chi connectivity index (χ1n) is 7.14. The van der Waals surface area contributed by atoms with Crippen LogP contribution in [-0.2, 0) is 0 Å². The first-order chi connectivity index (χ1) is 9.34. The zero-order valence-corrected chi connectivity index (χ0v) is 11.2. The molecule has 0 amide bonds. The Bertz CT molecular complexity index is 541. The number of nitrogens with one attached hydrogen (secondary N) is 1. The molecule has 19 heavy (non-hydrogen) atoms. The molecular formula is C16H21N3. The van der Waals surface area contributed by atoms with Crippen LogP contribution >= 0.6 is 0 Å². The highest BCUT2D eigenvalue weighted by atomic mass is 14.9. The second-order valence-electron chi connectivity index (χ2n) is 5.45. The lowest BCUT2D eigenvalue weighted by atomic mass is 9.88. The van der Waals surface area contributed by atoms with E-state index in [4.69, 9.17) is 5.73 Å². The lowest BCUT2D eigenvalue weighted by Crippen LogP contribution is -2.29. The number of fused-ring (bicyclic) bond motifs is 1. The van der Waals surface area contributed by atoms with E-state index in [2.05, 4.69) is 34.6 Å². The Hall–Kier alpha value is -1.45. The van der Waals surface area contributed by atoms with Crippen LogP contribution in [0.15, 0.2) is 36.5 Å². The maximum atomic E-state index is 6.44. The Morgan fingerprint density at radius 1 is 1.21 bits per heavy atom. The van der Waals surface area contributed by atoms with Crippen molar-refractivity contribution >= 4 is 10.9 Å². The Morgan fingerprint density at radius 2 is 2.00 bits per heavy atom. The number of nitrogens with two attached hydrogens (primary N) is 1. The number of benzene rings is 1. The van der Waals surface area contributed by atoms with Crippen LogP contribution in [-0.4, -0.2) is 18.1 Å². The summed E-state index contributed by atoms with van der Waals surface area (Å²) in [7, 11) is 0. The molecule has 1 aromatic heterocycles. The number of piperidine rings is 1. The first-order valence-corrected chi connectivity index (χ1v) is 7.14. The van der Waals surface area contributed by atoms with Crippen molar-refractivity contribution in [3.8, 4) is 0 Å². The molecule has 0 saturated carbocycles. The third-order valence-electron chi connectivity index (χ3n) is 4.13. The SMILES string of the molecule is NC(CC1CCNCC1)c1ccnc2ccccc12. The second-order valence-corrected chi connectivity index (χ2v) is 5.45. The second kappa shape index (κ2) is 5.68. The zero-order chi connectivity index (χ0) is 13.1. The van der Waals surface area contributed by atoms with Crippen LogP contribution in [0.25, 0.3) is 10.9 Å². The molecule has 2 heterocycles. The molecule has 1 unspecified atom stereocenters. The van der Waals surface area contributed by atoms with Crippen LogP contribution in [0.3, 0.4) is 0 Å². The normalized spacial score (nSPS) is 18.6. The van der Waals surface area contributed by atoms with Crippen molar-refractivity contribution in [1.29, 1.82) is 0 Å². The van der Waals surface area contributed by atoms with E-state index in [0.717, 1.165) is 30.9 Å². The molecular weight excluding hydrogens is 234 g/mol. The Morgan fingerprint density at radius 3 is 2.84 bits per heavy atom. The van der Waals surface area contributed by atoms with Gasteiger partial charge < -0.3 is 11.1 Å². The summed E-state index contributed by atoms with van der Waals surface area (Å²) in [4.78, 5) is 4.41. The Labute approximate surface area is 114 Å². The minimum atomic E-state index is 0.121. The van der Waals surface area contributed by atoms with Crippen LogP contribution in [0.2, 0.25) is 0 Å². The summed E-state index contributed by atoms with van der Waals surface area (Å²) >= 11 is 0. The maximum absolute atomic E-state index is 6.44. The number of hydrogen-bond acceptors (Lipinski definition) is 3. The lowest BCUT2D eigenvalue weighted by Gasteiger charge is -2.25. The van der Waals surface area contributed by atoms with Gasteiger partial charge in [-0.1, -0.05) is 18.2 Å². The van der Waals surface area contributed by atoms with Gasteiger partial charge in [-0.25, -0.2) is 0 Å². The van der Waals surface area contributed by atoms with Crippen molar-refractivity contribution < 1.29 is 0 Å². The molecule has 1 saturated heterocycles. The van der Waals surface area contributed by atoms with Crippen LogP contribution in [0.1, 0.15) is 30.9 Å². The molecule has 1 aliphatic heterocycles. The summed E-state index contributed by atoms with van der Waals surface area (Å²) in [6, 6.07) is 10.5. The van der Waals surface area contributed by atoms with Crippen molar-refractivity contribution in [2.45, 2.75) is 25.3 Å². The van der Waals surface area contributed by atoms with Crippen molar-refractivity contribution in [2.75, 3.05) is 13.1 Å². The highest BCUT2D eigenvalue weighted by Gasteiger charge is 2.18. The predicted molar refractivity (Wildman–Crippen MR) is 78.9 cm³/mol. The fourth-order valence-corrected chi connectivity index (χ4v) is 3.04. The summed E-state index contributed by atoms with van der Waals surface area (Å²) in [5.74, 6) is 0.753. The van der Waals surface area contributed by atoms with Gasteiger partial charge in [0.1, 0.15) is 0 Å². The van der Waals surface area contributed by atoms with E-state index in [-0.39, 0.29) is 6.04 Å². The number of aromatic nitrogens is 1. The van der Waals surface area contributed by atoms with Gasteiger partial charge in [0.05, 0.1) is 5.52 Å². The van der Waals surface area contributed by atoms with E-state index in [1.807, 2.05) is 12.3 Å². The van der Waals surface area contributed by atoms with Crippen LogP contribution in [0.5, 0.6) is 0 Å². The molecule has 3 rings (SSSR count). The summed E-state index contributed by atoms with van der Waals surface area (Å²) in [5, 5.41) is 4.61. The van der Waals surface area contributed by atoms with E-state index in [0.29, 0.717) is 0 Å². The van der Waals surface area contributed by atoms with E-state index < -0.39 is 0 Å². The Kier molecular flexibility index (Phi) is 3.76. The van der Waals surface area contributed by atoms with Crippen LogP contribution in [0.4, 0.5) is 0 Å². The Balaban J connectivity index is 1.82. The number of para-hydroxylation sites is 1. The van der Waals surface area contributed by atoms with E-state index in [1.54, 1.807) is 0 Å². The largest absolute Gasteiger partial charge is 0.324 e. The van der Waals surface area contributed by atoms with Gasteiger partial charge in [-0.3, -0.25) is 4.98 Å². The van der Waals surface area contributed by atoms with Crippen molar-refractivity contribution in [3.63, 3.8) is 0 Å². The van der Waals surface area contributed by atoms with Gasteiger partial charge in [0.25, 0.3) is 0 Å². The number of rotatable bonds is 3. The van der Waals surface area contributed by atoms with Gasteiger partial charge in [-0.2, -0.15) is 0 Å². The summed E-state index contributed by atoms with van der Waals surface area (Å²) < 4.78 is 0. The summed E-state index contributed by atoms with van der Waals surface area (Å²) in [6.45, 7) is 2.27. The van der Waals surface area contributed by atoms with Crippen molar-refractivity contribution in [3.05, 3.63) is 42.1 Å². The third-order valence-corrected chi connectivity index (χ3v) is 4.13. The van der Waals surface area contributed by atoms with Gasteiger partial charge in [-0.15, -0.1) is 0 Å². The van der Waals surface area contributed by atoms with Gasteiger partial charge >= 0.3 is 0 Å². The molecule has 0 bridgehead atoms. The molecule has 1 aromatic carbocycles. The molecule has 3 N–H and O–H groups in total. The van der Waals surface area contributed by atoms with Gasteiger partial charge in [0, 0.05) is 17.6 Å². The maximum Gasteiger partial charge on any atom is 0.0705 e. The fourth-order valence-electron chi connectivity index (χ4n) is 3.04. The number of nitrogens with zero attached hydrogens (tertiary/aromatic N) is 1. The molecule has 1 atom stereocenters. The molecule has 3 nitrogen and oxygen atoms in total. The minimum Gasteiger partial charge on any atom is -0.324 e. The monoisotopic (exact) mass is 255 g/mol. The standard InChI is InChI=1S/C16H21N3/c17-15(11-12-5-8-18-9-6-12)13-7-10-19-16-4-2-1-3-14(13)16/h1-4,7,10,12,15,18H,5-6,8-9,11,17H2. The van der Waals surface area contributed by atoms with Gasteiger partial charge in [0.15, 0.2) is 0 Å². The molecule has 1 fully saturated rings. The lowest BCUT2D eigenvalue weighted by molar-refractivity contribution is 0.333. The average molecular weight is 255 g/mol. The molecule has 0 aliphatic carbocycles. The quantitative estimate of drug-likeness (QED) is 0.886. The van der Waals surface area contributed by atoms with Crippen molar-refractivity contribution in [1.82, 2.24) is 10.3 Å². The highest BCUT2D eigenvalue weighted by molar-refractivity contribution is 5.82. The molecule has 100 valence electrons. The molecule has 3 heteroatoms. The zero-order valence-electron chi connectivity index (χ0n) is 11.2. The van der Waals surface area contributed by atoms with Crippen molar-refractivity contribution in [2.24, 2.45) is 11.7 Å². The van der Waals surface area contributed by atoms with Crippen LogP contribution < -0.4 is 11.1 Å². The fraction of sp³-hybridized carbons (Fsp3) is 0.438. The minimum absolute atomic E-state index is 0.121. The van der Waals surface area contributed by atoms with Crippen LogP contribution in [0, 0.1) is 5.92 Å². The highest BCUT2D eigenvalue weighted by Crippen LogP contribution is 2.28. The number of pyridine rings is 1. The van der Waals surface area contributed by atoms with Gasteiger partial charge in [-0.05, 0) is 56.0 Å². The summed E-state index contributed by atoms with van der Waals surface area (Å²) in [5.41, 5.74) is 8.73. The van der Waals surface area contributed by atoms with E-state index in [9.17, 15) is 0 Å². The molecule has 1 aliphatic rings. The first kappa shape index (κ1) is 12.6. The smallest absolute Gasteiger partial charge is 0.0705 e. The predicted octanol–water partition coefficient (Wildman–Crippen LogP) is 2.62. The van der Waals surface area contributed by atoms with E-state index in [1.165, 1.54) is 23.8 Å². The summed E-state index contributed by atoms with van der Waals surface area (Å²) in [6.07, 6.45) is 5.45. The topological polar surface area (TPSA) is 50.9 Å². The third kappa shape index (κ3) is 2.77.